The van der Waals surface area contributed by atoms with E-state index in [-0.39, 0.29) is 0 Å². The summed E-state index contributed by atoms with van der Waals surface area (Å²) in [6, 6.07) is 21.7. The highest BCUT2D eigenvalue weighted by molar-refractivity contribution is 6.81. The van der Waals surface area contributed by atoms with Gasteiger partial charge >= 0.3 is 0 Å². The Morgan fingerprint density at radius 2 is 1.35 bits per heavy atom. The zero-order valence-corrected chi connectivity index (χ0v) is 18.0. The van der Waals surface area contributed by atoms with E-state index in [0.717, 1.165) is 25.7 Å². The molecule has 2 aromatic rings. The normalized spacial score (nSPS) is 13.1. The third-order valence-corrected chi connectivity index (χ3v) is 5.76. The first-order valence-electron chi connectivity index (χ1n) is 9.86. The van der Waals surface area contributed by atoms with Gasteiger partial charge in [-0.1, -0.05) is 103 Å². The molecule has 0 radical (unpaired) electrons. The van der Waals surface area contributed by atoms with Crippen molar-refractivity contribution in [3.8, 4) is 0 Å². The van der Waals surface area contributed by atoms with E-state index in [1.807, 2.05) is 0 Å². The van der Waals surface area contributed by atoms with Crippen molar-refractivity contribution in [2.45, 2.75) is 58.7 Å². The molecule has 0 spiro atoms. The van der Waals surface area contributed by atoms with Gasteiger partial charge in [-0.05, 0) is 50.2 Å². The molecule has 2 rings (SSSR count). The van der Waals surface area contributed by atoms with E-state index in [1.165, 1.54) is 23.1 Å². The van der Waals surface area contributed by atoms with Crippen molar-refractivity contribution in [2.24, 2.45) is 0 Å². The maximum absolute atomic E-state index is 2.62. The molecule has 0 heterocycles. The summed E-state index contributed by atoms with van der Waals surface area (Å²) in [7, 11) is -1.20. The molecule has 0 amide bonds. The van der Waals surface area contributed by atoms with Crippen LogP contribution in [-0.4, -0.2) is 8.07 Å². The maximum Gasteiger partial charge on any atom is 0.0686 e. The van der Waals surface area contributed by atoms with Crippen molar-refractivity contribution in [1.29, 1.82) is 0 Å². The van der Waals surface area contributed by atoms with Crippen LogP contribution < -0.4 is 0 Å². The van der Waals surface area contributed by atoms with Gasteiger partial charge < -0.3 is 0 Å². The first-order valence-corrected chi connectivity index (χ1v) is 13.4. The Hall–Kier alpha value is -1.86. The number of rotatable bonds is 9. The summed E-state index contributed by atoms with van der Waals surface area (Å²) in [5.41, 5.74) is 8.63. The van der Waals surface area contributed by atoms with Crippen LogP contribution in [0.4, 0.5) is 0 Å². The molecular formula is C25H34Si. The van der Waals surface area contributed by atoms with Gasteiger partial charge in [0.05, 0.1) is 8.07 Å². The number of hydrogen-bond donors (Lipinski definition) is 0. The van der Waals surface area contributed by atoms with Gasteiger partial charge in [-0.25, -0.2) is 0 Å². The quantitative estimate of drug-likeness (QED) is 0.322. The van der Waals surface area contributed by atoms with Crippen LogP contribution in [0.2, 0.25) is 19.6 Å². The minimum Gasteiger partial charge on any atom is -0.0955 e. The minimum atomic E-state index is -1.20. The molecule has 0 unspecified atom stereocenters. The third-order valence-electron chi connectivity index (χ3n) is 4.49. The van der Waals surface area contributed by atoms with Crippen LogP contribution in [0.5, 0.6) is 0 Å². The van der Waals surface area contributed by atoms with Gasteiger partial charge in [-0.2, -0.15) is 0 Å². The van der Waals surface area contributed by atoms with Gasteiger partial charge in [0.15, 0.2) is 0 Å². The highest BCUT2D eigenvalue weighted by Gasteiger charge is 2.11. The standard InChI is InChI=1S/C25H34Si/c1-22(12-11-17-23-13-7-5-8-14-23)20-25(21-26(2,3)4)19-18-24-15-9-6-10-16-24/h5-10,12-16,21H,11,17-20H2,1-4H3/b22-12+,25-21+. The van der Waals surface area contributed by atoms with E-state index in [9.17, 15) is 0 Å². The van der Waals surface area contributed by atoms with E-state index in [2.05, 4.69) is 99.0 Å². The molecule has 0 saturated carbocycles. The summed E-state index contributed by atoms with van der Waals surface area (Å²) in [6.45, 7) is 9.60. The number of allylic oxidation sites excluding steroid dienone is 3. The number of aryl methyl sites for hydroxylation is 2. The second-order valence-electron chi connectivity index (χ2n) is 8.41. The lowest BCUT2D eigenvalue weighted by Gasteiger charge is -2.16. The molecule has 0 aromatic heterocycles. The molecule has 0 aliphatic carbocycles. The summed E-state index contributed by atoms with van der Waals surface area (Å²) in [5, 5.41) is 0. The summed E-state index contributed by atoms with van der Waals surface area (Å²) < 4.78 is 0. The van der Waals surface area contributed by atoms with Crippen LogP contribution in [0, 0.1) is 0 Å². The maximum atomic E-state index is 2.62. The van der Waals surface area contributed by atoms with Gasteiger partial charge in [-0.3, -0.25) is 0 Å². The Balaban J connectivity index is 1.94. The first-order chi connectivity index (χ1) is 12.4. The molecule has 0 aliphatic rings. The van der Waals surface area contributed by atoms with E-state index in [4.69, 9.17) is 0 Å². The molecule has 2 aromatic carbocycles. The highest BCUT2D eigenvalue weighted by Crippen LogP contribution is 2.21. The van der Waals surface area contributed by atoms with Crippen molar-refractivity contribution in [3.05, 3.63) is 94.7 Å². The third kappa shape index (κ3) is 8.49. The molecule has 0 saturated heterocycles. The Morgan fingerprint density at radius 3 is 1.88 bits per heavy atom. The van der Waals surface area contributed by atoms with Gasteiger partial charge in [0.25, 0.3) is 0 Å². The Labute approximate surface area is 161 Å². The second-order valence-corrected chi connectivity index (χ2v) is 13.4. The molecular weight excluding hydrogens is 328 g/mol. The van der Waals surface area contributed by atoms with Crippen LogP contribution >= 0.6 is 0 Å². The molecule has 26 heavy (non-hydrogen) atoms. The van der Waals surface area contributed by atoms with Crippen LogP contribution in [-0.2, 0) is 12.8 Å². The summed E-state index contributed by atoms with van der Waals surface area (Å²) >= 11 is 0. The molecule has 138 valence electrons. The lowest BCUT2D eigenvalue weighted by molar-refractivity contribution is 0.886. The fraction of sp³-hybridized carbons (Fsp3) is 0.360. The summed E-state index contributed by atoms with van der Waals surface area (Å²) in [4.78, 5) is 0. The van der Waals surface area contributed by atoms with Gasteiger partial charge in [0.2, 0.25) is 0 Å². The molecule has 1 heteroatoms. The topological polar surface area (TPSA) is 0 Å². The summed E-state index contributed by atoms with van der Waals surface area (Å²) in [5.74, 6) is 0. The Bertz CT molecular complexity index is 703. The highest BCUT2D eigenvalue weighted by atomic mass is 28.3. The first kappa shape index (κ1) is 20.4. The van der Waals surface area contributed by atoms with Crippen molar-refractivity contribution in [1.82, 2.24) is 0 Å². The minimum absolute atomic E-state index is 1.13. The fourth-order valence-electron chi connectivity index (χ4n) is 3.33. The van der Waals surface area contributed by atoms with Gasteiger partial charge in [-0.15, -0.1) is 0 Å². The molecule has 0 aliphatic heterocycles. The van der Waals surface area contributed by atoms with E-state index >= 15 is 0 Å². The zero-order valence-electron chi connectivity index (χ0n) is 17.0. The average molecular weight is 363 g/mol. The molecule has 0 bridgehead atoms. The lowest BCUT2D eigenvalue weighted by atomic mass is 9.99. The predicted molar refractivity (Wildman–Crippen MR) is 119 cm³/mol. The van der Waals surface area contributed by atoms with Crippen molar-refractivity contribution in [2.75, 3.05) is 0 Å². The largest absolute Gasteiger partial charge is 0.0955 e. The molecule has 0 fully saturated rings. The molecule has 0 N–H and O–H groups in total. The monoisotopic (exact) mass is 362 g/mol. The zero-order chi connectivity index (χ0) is 18.8. The second kappa shape index (κ2) is 10.3. The predicted octanol–water partition coefficient (Wildman–Crippen LogP) is 7.39. The van der Waals surface area contributed by atoms with E-state index in [0.29, 0.717) is 0 Å². The molecule has 0 atom stereocenters. The number of hydrogen-bond acceptors (Lipinski definition) is 0. The van der Waals surface area contributed by atoms with Crippen LogP contribution in [0.1, 0.15) is 37.3 Å². The van der Waals surface area contributed by atoms with Crippen molar-refractivity contribution < 1.29 is 0 Å². The SMILES string of the molecule is C/C(=C\CCc1ccccc1)C/C(=C/[Si](C)(C)C)CCc1ccccc1. The van der Waals surface area contributed by atoms with Crippen molar-refractivity contribution >= 4 is 8.07 Å². The molecule has 0 nitrogen and oxygen atoms in total. The van der Waals surface area contributed by atoms with Crippen LogP contribution in [0.3, 0.4) is 0 Å². The van der Waals surface area contributed by atoms with Gasteiger partial charge in [0, 0.05) is 0 Å². The summed E-state index contributed by atoms with van der Waals surface area (Å²) in [6.07, 6.45) is 8.16. The Morgan fingerprint density at radius 1 is 0.808 bits per heavy atom. The van der Waals surface area contributed by atoms with E-state index < -0.39 is 8.07 Å². The van der Waals surface area contributed by atoms with Gasteiger partial charge in [0.1, 0.15) is 0 Å². The Kier molecular flexibility index (Phi) is 8.12. The fourth-order valence-corrected chi connectivity index (χ4v) is 4.80. The van der Waals surface area contributed by atoms with E-state index in [1.54, 1.807) is 5.57 Å². The number of benzene rings is 2. The van der Waals surface area contributed by atoms with Crippen LogP contribution in [0.15, 0.2) is 83.6 Å². The lowest BCUT2D eigenvalue weighted by Crippen LogP contribution is -2.17. The van der Waals surface area contributed by atoms with Crippen LogP contribution in [0.25, 0.3) is 0 Å². The smallest absolute Gasteiger partial charge is 0.0686 e. The van der Waals surface area contributed by atoms with Crippen molar-refractivity contribution in [3.63, 3.8) is 0 Å². The average Bonchev–Trinajstić information content (AvgIpc) is 2.60.